The van der Waals surface area contributed by atoms with Crippen molar-refractivity contribution >= 4 is 23.8 Å². The van der Waals surface area contributed by atoms with Gasteiger partial charge in [0.2, 0.25) is 11.8 Å². The van der Waals surface area contributed by atoms with E-state index in [1.165, 1.54) is 64.2 Å². The fourth-order valence-corrected chi connectivity index (χ4v) is 6.82. The standard InChI is InChI=1S/C51H88N2O7/c1-3-5-7-9-11-13-15-17-19-20-22-24-26-28-30-35-39-43-50(57)60-46(40-36-32-29-27-25-23-21-18-16-14-12-10-8-6-4-2)41-37-33-31-34-38-42-48(55)52-44-49(56)53-47(45-54)51(58)59/h5,7,11,13,17,19,22-25,46-47,54H,3-4,6,8-10,12,14-16,18,20-21,26-45H2,1-2H3,(H,52,55)(H,53,56)(H,58,59)/b7-5-,13-11-,19-17-,24-22-,25-23-. The van der Waals surface area contributed by atoms with Gasteiger partial charge in [-0.25, -0.2) is 4.79 Å². The number of allylic oxidation sites excluding steroid dienone is 10. The average molecular weight is 841 g/mol. The minimum Gasteiger partial charge on any atom is -0.480 e. The number of esters is 1. The van der Waals surface area contributed by atoms with Crippen LogP contribution in [0.15, 0.2) is 60.8 Å². The van der Waals surface area contributed by atoms with Crippen molar-refractivity contribution in [2.75, 3.05) is 13.2 Å². The molecular weight excluding hydrogens is 753 g/mol. The molecule has 0 radical (unpaired) electrons. The van der Waals surface area contributed by atoms with E-state index in [0.717, 1.165) is 116 Å². The van der Waals surface area contributed by atoms with Crippen LogP contribution < -0.4 is 10.6 Å². The summed E-state index contributed by atoms with van der Waals surface area (Å²) in [4.78, 5) is 47.7. The third kappa shape index (κ3) is 41.3. The Hall–Kier alpha value is -3.46. The maximum Gasteiger partial charge on any atom is 0.328 e. The molecule has 9 nitrogen and oxygen atoms in total. The molecule has 0 aliphatic carbocycles. The lowest BCUT2D eigenvalue weighted by Crippen LogP contribution is -2.47. The number of ether oxygens (including phenoxy) is 1. The molecule has 0 aromatic carbocycles. The lowest BCUT2D eigenvalue weighted by atomic mass is 10.0. The molecule has 0 bridgehead atoms. The zero-order valence-electron chi connectivity index (χ0n) is 38.2. The van der Waals surface area contributed by atoms with Crippen molar-refractivity contribution in [1.29, 1.82) is 0 Å². The third-order valence-corrected chi connectivity index (χ3v) is 10.5. The Morgan fingerprint density at radius 3 is 1.47 bits per heavy atom. The molecule has 0 aliphatic rings. The lowest BCUT2D eigenvalue weighted by Gasteiger charge is -2.18. The van der Waals surface area contributed by atoms with E-state index in [1.54, 1.807) is 0 Å². The van der Waals surface area contributed by atoms with E-state index in [-0.39, 0.29) is 30.9 Å². The predicted molar refractivity (Wildman–Crippen MR) is 250 cm³/mol. The second kappa shape index (κ2) is 45.1. The van der Waals surface area contributed by atoms with E-state index in [9.17, 15) is 19.2 Å². The van der Waals surface area contributed by atoms with E-state index in [1.807, 2.05) is 0 Å². The number of carboxylic acids is 1. The Balaban J connectivity index is 4.41. The molecule has 0 aromatic heterocycles. The number of aliphatic hydroxyl groups excluding tert-OH is 1. The smallest absolute Gasteiger partial charge is 0.328 e. The van der Waals surface area contributed by atoms with E-state index in [4.69, 9.17) is 14.9 Å². The van der Waals surface area contributed by atoms with E-state index in [2.05, 4.69) is 85.2 Å². The first-order chi connectivity index (χ1) is 29.3. The Morgan fingerprint density at radius 1 is 0.517 bits per heavy atom. The summed E-state index contributed by atoms with van der Waals surface area (Å²) in [6.45, 7) is 3.37. The van der Waals surface area contributed by atoms with E-state index in [0.29, 0.717) is 12.8 Å². The minimum atomic E-state index is -1.39. The number of aliphatic hydroxyl groups is 1. The summed E-state index contributed by atoms with van der Waals surface area (Å²) in [6, 6.07) is -1.39. The largest absolute Gasteiger partial charge is 0.480 e. The molecule has 4 N–H and O–H groups in total. The molecule has 60 heavy (non-hydrogen) atoms. The highest BCUT2D eigenvalue weighted by molar-refractivity contribution is 5.87. The summed E-state index contributed by atoms with van der Waals surface area (Å²) in [6.07, 6.45) is 55.3. The molecule has 344 valence electrons. The number of rotatable bonds is 43. The van der Waals surface area contributed by atoms with E-state index >= 15 is 0 Å². The SMILES string of the molecule is CC/C=C\C/C=C\C/C=C\C/C=C\CCCCCCC(=O)OC(CCCCC/C=C\CCCCCCCCCC)CCCCCCCC(=O)NCC(=O)NC(CO)C(=O)O. The maximum absolute atomic E-state index is 12.8. The van der Waals surface area contributed by atoms with Gasteiger partial charge < -0.3 is 25.6 Å². The van der Waals surface area contributed by atoms with Gasteiger partial charge in [-0.3, -0.25) is 14.4 Å². The molecule has 2 amide bonds. The summed E-state index contributed by atoms with van der Waals surface area (Å²) in [5.41, 5.74) is 0. The Morgan fingerprint density at radius 2 is 0.950 bits per heavy atom. The normalized spacial score (nSPS) is 13.0. The average Bonchev–Trinajstić information content (AvgIpc) is 3.23. The van der Waals surface area contributed by atoms with Crippen molar-refractivity contribution < 1.29 is 34.1 Å². The molecule has 0 saturated carbocycles. The molecule has 0 rings (SSSR count). The van der Waals surface area contributed by atoms with Crippen molar-refractivity contribution in [2.24, 2.45) is 0 Å². The maximum atomic E-state index is 12.8. The predicted octanol–water partition coefficient (Wildman–Crippen LogP) is 12.5. The van der Waals surface area contributed by atoms with Gasteiger partial charge in [0.15, 0.2) is 0 Å². The zero-order chi connectivity index (χ0) is 44.0. The van der Waals surface area contributed by atoms with Crippen LogP contribution >= 0.6 is 0 Å². The lowest BCUT2D eigenvalue weighted by molar-refractivity contribution is -0.150. The first kappa shape index (κ1) is 56.5. The van der Waals surface area contributed by atoms with Gasteiger partial charge in [0.25, 0.3) is 0 Å². The first-order valence-corrected chi connectivity index (χ1v) is 24.2. The molecule has 0 spiro atoms. The van der Waals surface area contributed by atoms with Crippen LogP contribution in [-0.4, -0.2) is 59.3 Å². The van der Waals surface area contributed by atoms with Crippen molar-refractivity contribution in [3.8, 4) is 0 Å². The van der Waals surface area contributed by atoms with Crippen LogP contribution in [0.4, 0.5) is 0 Å². The van der Waals surface area contributed by atoms with Gasteiger partial charge in [0.05, 0.1) is 13.2 Å². The fraction of sp³-hybridized carbons (Fsp3) is 0.725. The second-order valence-corrected chi connectivity index (χ2v) is 16.2. The summed E-state index contributed by atoms with van der Waals surface area (Å²) < 4.78 is 6.04. The monoisotopic (exact) mass is 841 g/mol. The molecule has 2 unspecified atom stereocenters. The van der Waals surface area contributed by atoms with Crippen LogP contribution in [0.5, 0.6) is 0 Å². The van der Waals surface area contributed by atoms with Crippen LogP contribution in [0.1, 0.15) is 213 Å². The van der Waals surface area contributed by atoms with Gasteiger partial charge >= 0.3 is 11.9 Å². The third-order valence-electron chi connectivity index (χ3n) is 10.5. The minimum absolute atomic E-state index is 0.0448. The number of carboxylic acid groups (broad SMARTS) is 1. The number of amides is 2. The van der Waals surface area contributed by atoms with Crippen molar-refractivity contribution in [1.82, 2.24) is 10.6 Å². The number of unbranched alkanes of at least 4 members (excludes halogenated alkanes) is 19. The topological polar surface area (TPSA) is 142 Å². The van der Waals surface area contributed by atoms with Gasteiger partial charge in [0.1, 0.15) is 12.1 Å². The summed E-state index contributed by atoms with van der Waals surface area (Å²) in [5, 5.41) is 22.6. The number of hydrogen-bond acceptors (Lipinski definition) is 6. The Kier molecular flexibility index (Phi) is 42.5. The molecule has 2 atom stereocenters. The number of nitrogens with one attached hydrogen (secondary N) is 2. The van der Waals surface area contributed by atoms with Gasteiger partial charge in [-0.2, -0.15) is 0 Å². The van der Waals surface area contributed by atoms with Gasteiger partial charge in [-0.1, -0.05) is 158 Å². The quantitative estimate of drug-likeness (QED) is 0.0272. The summed E-state index contributed by atoms with van der Waals surface area (Å²) in [7, 11) is 0. The van der Waals surface area contributed by atoms with Crippen LogP contribution in [-0.2, 0) is 23.9 Å². The first-order valence-electron chi connectivity index (χ1n) is 24.2. The second-order valence-electron chi connectivity index (χ2n) is 16.2. The van der Waals surface area contributed by atoms with Gasteiger partial charge in [0, 0.05) is 12.8 Å². The van der Waals surface area contributed by atoms with Gasteiger partial charge in [-0.05, 0) is 103 Å². The Labute approximate surface area is 366 Å². The van der Waals surface area contributed by atoms with Crippen molar-refractivity contribution in [3.05, 3.63) is 60.8 Å². The molecule has 9 heteroatoms. The summed E-state index contributed by atoms with van der Waals surface area (Å²) >= 11 is 0. The molecule has 0 fully saturated rings. The van der Waals surface area contributed by atoms with Crippen LogP contribution in [0.3, 0.4) is 0 Å². The van der Waals surface area contributed by atoms with Crippen LogP contribution in [0, 0.1) is 0 Å². The number of hydrogen-bond donors (Lipinski definition) is 4. The summed E-state index contributed by atoms with van der Waals surface area (Å²) in [5.74, 6) is -2.33. The number of carbonyl (C=O) groups is 4. The highest BCUT2D eigenvalue weighted by Crippen LogP contribution is 2.18. The van der Waals surface area contributed by atoms with Crippen molar-refractivity contribution in [2.45, 2.75) is 225 Å². The van der Waals surface area contributed by atoms with E-state index < -0.39 is 24.5 Å². The van der Waals surface area contributed by atoms with Crippen molar-refractivity contribution in [3.63, 3.8) is 0 Å². The zero-order valence-corrected chi connectivity index (χ0v) is 38.2. The molecule has 0 heterocycles. The van der Waals surface area contributed by atoms with Gasteiger partial charge in [-0.15, -0.1) is 0 Å². The highest BCUT2D eigenvalue weighted by Gasteiger charge is 2.19. The highest BCUT2D eigenvalue weighted by atomic mass is 16.5. The number of carbonyl (C=O) groups excluding carboxylic acids is 3. The van der Waals surface area contributed by atoms with Crippen LogP contribution in [0.2, 0.25) is 0 Å². The molecule has 0 saturated heterocycles. The van der Waals surface area contributed by atoms with Crippen LogP contribution in [0.25, 0.3) is 0 Å². The number of aliphatic carboxylic acids is 1. The Bertz CT molecular complexity index is 1190. The fourth-order valence-electron chi connectivity index (χ4n) is 6.82. The molecule has 0 aliphatic heterocycles. The molecule has 0 aromatic rings. The molecular formula is C51H88N2O7.